The van der Waals surface area contributed by atoms with Crippen LogP contribution in [0.25, 0.3) is 0 Å². The number of carbonyl (C=O) groups is 1. The Morgan fingerprint density at radius 1 is 1.21 bits per heavy atom. The summed E-state index contributed by atoms with van der Waals surface area (Å²) in [6, 6.07) is 7.05. The van der Waals surface area contributed by atoms with Gasteiger partial charge >= 0.3 is 0 Å². The number of amides is 1. The van der Waals surface area contributed by atoms with Crippen molar-refractivity contribution < 1.29 is 23.4 Å². The van der Waals surface area contributed by atoms with Crippen molar-refractivity contribution >= 4 is 5.91 Å². The van der Waals surface area contributed by atoms with Gasteiger partial charge in [0.15, 0.2) is 11.5 Å². The molecule has 0 unspecified atom stereocenters. The first kappa shape index (κ1) is 15.8. The second kappa shape index (κ2) is 7.01. The zero-order chi connectivity index (χ0) is 16.9. The van der Waals surface area contributed by atoms with Gasteiger partial charge in [0.25, 0.3) is 5.91 Å². The van der Waals surface area contributed by atoms with Crippen LogP contribution >= 0.6 is 0 Å². The molecule has 24 heavy (non-hydrogen) atoms. The average Bonchev–Trinajstić information content (AvgIpc) is 3.15. The van der Waals surface area contributed by atoms with Crippen LogP contribution in [0.1, 0.15) is 21.9 Å². The summed E-state index contributed by atoms with van der Waals surface area (Å²) >= 11 is 0. The number of benzene rings is 1. The molecule has 1 aromatic heterocycles. The lowest BCUT2D eigenvalue weighted by Gasteiger charge is -2.03. The van der Waals surface area contributed by atoms with E-state index in [4.69, 9.17) is 18.6 Å². The van der Waals surface area contributed by atoms with E-state index in [2.05, 4.69) is 17.2 Å². The van der Waals surface area contributed by atoms with Gasteiger partial charge in [-0.1, -0.05) is 11.8 Å². The van der Waals surface area contributed by atoms with E-state index in [-0.39, 0.29) is 25.9 Å². The molecule has 1 N–H and O–H groups in total. The minimum atomic E-state index is -0.199. The number of rotatable bonds is 4. The van der Waals surface area contributed by atoms with E-state index in [0.717, 1.165) is 0 Å². The Hall–Kier alpha value is -3.07. The van der Waals surface area contributed by atoms with E-state index in [1.165, 1.54) is 0 Å². The molecule has 0 saturated heterocycles. The summed E-state index contributed by atoms with van der Waals surface area (Å²) in [6.45, 7) is 4.25. The van der Waals surface area contributed by atoms with Gasteiger partial charge in [-0.15, -0.1) is 0 Å². The Bertz CT molecular complexity index is 813. The van der Waals surface area contributed by atoms with Crippen molar-refractivity contribution in [3.8, 4) is 29.1 Å². The van der Waals surface area contributed by atoms with Crippen LogP contribution in [0.2, 0.25) is 0 Å². The predicted molar refractivity (Wildman–Crippen MR) is 86.4 cm³/mol. The molecule has 3 rings (SSSR count). The van der Waals surface area contributed by atoms with Crippen LogP contribution < -0.4 is 19.5 Å². The van der Waals surface area contributed by atoms with Crippen LogP contribution in [-0.2, 0) is 0 Å². The van der Waals surface area contributed by atoms with Crippen LogP contribution in [0.5, 0.6) is 17.2 Å². The van der Waals surface area contributed by atoms with Crippen LogP contribution in [0, 0.1) is 25.7 Å². The Morgan fingerprint density at radius 2 is 2.04 bits per heavy atom. The fraction of sp³-hybridized carbons (Fsp3) is 0.278. The van der Waals surface area contributed by atoms with Crippen LogP contribution in [0.4, 0.5) is 0 Å². The topological polar surface area (TPSA) is 69.9 Å². The van der Waals surface area contributed by atoms with E-state index in [1.54, 1.807) is 38.1 Å². The van der Waals surface area contributed by atoms with Gasteiger partial charge in [-0.05, 0) is 32.0 Å². The molecule has 1 aliphatic heterocycles. The predicted octanol–water partition coefficient (Wildman–Crippen LogP) is 2.44. The molecule has 0 spiro atoms. The van der Waals surface area contributed by atoms with Crippen molar-refractivity contribution in [3.63, 3.8) is 0 Å². The SMILES string of the molecule is Cc1cc(C(=O)NCC#CCOc2ccc3c(c2)OCO3)c(C)o1. The summed E-state index contributed by atoms with van der Waals surface area (Å²) in [5, 5.41) is 2.72. The number of aryl methyl sites for hydroxylation is 2. The molecule has 0 radical (unpaired) electrons. The fourth-order valence-corrected chi connectivity index (χ4v) is 2.28. The lowest BCUT2D eigenvalue weighted by atomic mass is 10.2. The zero-order valence-corrected chi connectivity index (χ0v) is 13.5. The average molecular weight is 327 g/mol. The van der Waals surface area contributed by atoms with Crippen LogP contribution in [0.3, 0.4) is 0 Å². The number of furan rings is 1. The lowest BCUT2D eigenvalue weighted by Crippen LogP contribution is -2.23. The van der Waals surface area contributed by atoms with Gasteiger partial charge in [0.1, 0.15) is 23.9 Å². The number of fused-ring (bicyclic) bond motifs is 1. The Kier molecular flexibility index (Phi) is 4.62. The lowest BCUT2D eigenvalue weighted by molar-refractivity contribution is 0.0957. The molecule has 6 nitrogen and oxygen atoms in total. The highest BCUT2D eigenvalue weighted by atomic mass is 16.7. The van der Waals surface area contributed by atoms with Crippen molar-refractivity contribution in [2.24, 2.45) is 0 Å². The highest BCUT2D eigenvalue weighted by molar-refractivity contribution is 5.95. The van der Waals surface area contributed by atoms with E-state index in [0.29, 0.717) is 34.3 Å². The highest BCUT2D eigenvalue weighted by Gasteiger charge is 2.13. The van der Waals surface area contributed by atoms with Gasteiger partial charge in [0.2, 0.25) is 6.79 Å². The molecule has 124 valence electrons. The van der Waals surface area contributed by atoms with E-state index in [9.17, 15) is 4.79 Å². The molecule has 1 aromatic carbocycles. The van der Waals surface area contributed by atoms with Crippen molar-refractivity contribution in [2.45, 2.75) is 13.8 Å². The second-order valence-electron chi connectivity index (χ2n) is 5.17. The van der Waals surface area contributed by atoms with E-state index >= 15 is 0 Å². The minimum absolute atomic E-state index is 0.199. The van der Waals surface area contributed by atoms with Crippen molar-refractivity contribution in [1.82, 2.24) is 5.32 Å². The van der Waals surface area contributed by atoms with Gasteiger partial charge in [0, 0.05) is 6.07 Å². The molecule has 0 bridgehead atoms. The number of ether oxygens (including phenoxy) is 3. The van der Waals surface area contributed by atoms with Crippen molar-refractivity contribution in [2.75, 3.05) is 19.9 Å². The molecule has 0 fully saturated rings. The van der Waals surface area contributed by atoms with Gasteiger partial charge in [0.05, 0.1) is 12.1 Å². The van der Waals surface area contributed by atoms with Gasteiger partial charge < -0.3 is 23.9 Å². The monoisotopic (exact) mass is 327 g/mol. The van der Waals surface area contributed by atoms with Crippen LogP contribution in [0.15, 0.2) is 28.7 Å². The standard InChI is InChI=1S/C18H17NO5/c1-12-9-15(13(2)24-12)18(20)19-7-3-4-8-21-14-5-6-16-17(10-14)23-11-22-16/h5-6,9-10H,7-8,11H2,1-2H3,(H,19,20). The third-order valence-corrected chi connectivity index (χ3v) is 3.40. The quantitative estimate of drug-likeness (QED) is 0.874. The molecule has 0 saturated carbocycles. The molecule has 0 atom stereocenters. The molecule has 1 aliphatic rings. The highest BCUT2D eigenvalue weighted by Crippen LogP contribution is 2.34. The summed E-state index contributed by atoms with van der Waals surface area (Å²) in [6.07, 6.45) is 0. The first-order valence-electron chi connectivity index (χ1n) is 7.47. The Balaban J connectivity index is 1.43. The molecular weight excluding hydrogens is 310 g/mol. The summed E-state index contributed by atoms with van der Waals surface area (Å²) in [7, 11) is 0. The molecule has 6 heteroatoms. The largest absolute Gasteiger partial charge is 0.481 e. The summed E-state index contributed by atoms with van der Waals surface area (Å²) in [5.74, 6) is 8.83. The summed E-state index contributed by atoms with van der Waals surface area (Å²) in [5.41, 5.74) is 0.533. The number of carbonyl (C=O) groups excluding carboxylic acids is 1. The summed E-state index contributed by atoms with van der Waals surface area (Å²) < 4.78 is 21.3. The van der Waals surface area contributed by atoms with Gasteiger partial charge in [-0.3, -0.25) is 4.79 Å². The fourth-order valence-electron chi connectivity index (χ4n) is 2.28. The smallest absolute Gasteiger partial charge is 0.255 e. The van der Waals surface area contributed by atoms with Crippen LogP contribution in [-0.4, -0.2) is 25.9 Å². The Labute approximate surface area is 139 Å². The molecular formula is C18H17NO5. The first-order valence-corrected chi connectivity index (χ1v) is 7.47. The zero-order valence-electron chi connectivity index (χ0n) is 13.5. The maximum atomic E-state index is 11.9. The molecule has 2 aromatic rings. The van der Waals surface area contributed by atoms with Gasteiger partial charge in [-0.2, -0.15) is 0 Å². The third kappa shape index (κ3) is 3.63. The third-order valence-electron chi connectivity index (χ3n) is 3.40. The molecule has 2 heterocycles. The maximum absolute atomic E-state index is 11.9. The minimum Gasteiger partial charge on any atom is -0.481 e. The number of hydrogen-bond donors (Lipinski definition) is 1. The van der Waals surface area contributed by atoms with E-state index in [1.807, 2.05) is 0 Å². The summed E-state index contributed by atoms with van der Waals surface area (Å²) in [4.78, 5) is 11.9. The first-order chi connectivity index (χ1) is 11.6. The molecule has 0 aliphatic carbocycles. The van der Waals surface area contributed by atoms with Crippen molar-refractivity contribution in [1.29, 1.82) is 0 Å². The van der Waals surface area contributed by atoms with Crippen molar-refractivity contribution in [3.05, 3.63) is 41.3 Å². The molecule has 1 amide bonds. The van der Waals surface area contributed by atoms with E-state index < -0.39 is 0 Å². The second-order valence-corrected chi connectivity index (χ2v) is 5.17. The Morgan fingerprint density at radius 3 is 2.83 bits per heavy atom. The number of nitrogens with one attached hydrogen (secondary N) is 1. The maximum Gasteiger partial charge on any atom is 0.255 e. The normalized spacial score (nSPS) is 11.6. The number of hydrogen-bond acceptors (Lipinski definition) is 5. The van der Waals surface area contributed by atoms with Gasteiger partial charge in [-0.25, -0.2) is 0 Å².